The number of para-hydroxylation sites is 1. The molecule has 0 atom stereocenters. The smallest absolute Gasteiger partial charge is 0.277 e. The SMILES string of the molecule is CCOc1ccccc1/C=N/NC(=O)CSc1nnc(CCCc2ccc(OC)c(C)c2)o1. The van der Waals surface area contributed by atoms with Gasteiger partial charge in [0.2, 0.25) is 5.89 Å². The third-order valence-electron chi connectivity index (χ3n) is 4.70. The van der Waals surface area contributed by atoms with Crippen molar-refractivity contribution in [2.24, 2.45) is 5.10 Å². The largest absolute Gasteiger partial charge is 0.496 e. The molecule has 174 valence electrons. The third-order valence-corrected chi connectivity index (χ3v) is 5.52. The molecule has 0 spiro atoms. The summed E-state index contributed by atoms with van der Waals surface area (Å²) in [5.41, 5.74) is 5.65. The molecule has 0 unspecified atom stereocenters. The van der Waals surface area contributed by atoms with Gasteiger partial charge in [-0.15, -0.1) is 10.2 Å². The van der Waals surface area contributed by atoms with E-state index in [2.05, 4.69) is 32.9 Å². The van der Waals surface area contributed by atoms with Crippen LogP contribution >= 0.6 is 11.8 Å². The molecule has 3 aromatic rings. The zero-order valence-electron chi connectivity index (χ0n) is 19.0. The summed E-state index contributed by atoms with van der Waals surface area (Å²) in [7, 11) is 1.67. The average Bonchev–Trinajstić information content (AvgIpc) is 3.27. The van der Waals surface area contributed by atoms with Crippen LogP contribution in [-0.4, -0.2) is 41.8 Å². The number of hydrogen-bond donors (Lipinski definition) is 1. The van der Waals surface area contributed by atoms with E-state index in [1.54, 1.807) is 13.3 Å². The van der Waals surface area contributed by atoms with E-state index in [-0.39, 0.29) is 11.7 Å². The molecule has 33 heavy (non-hydrogen) atoms. The Morgan fingerprint density at radius 3 is 2.82 bits per heavy atom. The van der Waals surface area contributed by atoms with E-state index < -0.39 is 0 Å². The van der Waals surface area contributed by atoms with Gasteiger partial charge >= 0.3 is 0 Å². The fourth-order valence-corrected chi connectivity index (χ4v) is 3.72. The van der Waals surface area contributed by atoms with E-state index in [0.717, 1.165) is 29.7 Å². The number of carbonyl (C=O) groups excluding carboxylic acids is 1. The molecule has 0 radical (unpaired) electrons. The molecule has 1 heterocycles. The van der Waals surface area contributed by atoms with E-state index in [1.807, 2.05) is 44.2 Å². The lowest BCUT2D eigenvalue weighted by molar-refractivity contribution is -0.118. The summed E-state index contributed by atoms with van der Waals surface area (Å²) in [6.45, 7) is 4.50. The zero-order valence-corrected chi connectivity index (χ0v) is 19.9. The Morgan fingerprint density at radius 2 is 2.03 bits per heavy atom. The number of rotatable bonds is 12. The third kappa shape index (κ3) is 7.64. The average molecular weight is 469 g/mol. The number of methoxy groups -OCH3 is 1. The molecule has 0 aliphatic heterocycles. The van der Waals surface area contributed by atoms with Gasteiger partial charge in [0.1, 0.15) is 11.5 Å². The van der Waals surface area contributed by atoms with E-state index in [0.29, 0.717) is 29.9 Å². The molecule has 0 aliphatic carbocycles. The minimum atomic E-state index is -0.264. The summed E-state index contributed by atoms with van der Waals surface area (Å²) in [4.78, 5) is 12.1. The Kier molecular flexibility index (Phi) is 9.31. The molecule has 8 nitrogen and oxygen atoms in total. The van der Waals surface area contributed by atoms with Gasteiger partial charge in [-0.25, -0.2) is 5.43 Å². The Balaban J connectivity index is 1.39. The predicted octanol–water partition coefficient (Wildman–Crippen LogP) is 4.20. The van der Waals surface area contributed by atoms with Crippen molar-refractivity contribution >= 4 is 23.9 Å². The number of thioether (sulfide) groups is 1. The summed E-state index contributed by atoms with van der Waals surface area (Å²) in [6, 6.07) is 13.7. The maximum atomic E-state index is 12.1. The lowest BCUT2D eigenvalue weighted by Crippen LogP contribution is -2.19. The summed E-state index contributed by atoms with van der Waals surface area (Å²) in [6.07, 6.45) is 4.02. The van der Waals surface area contributed by atoms with Crippen LogP contribution in [-0.2, 0) is 17.6 Å². The van der Waals surface area contributed by atoms with Crippen LogP contribution in [0.25, 0.3) is 0 Å². The number of hydrazone groups is 1. The van der Waals surface area contributed by atoms with Crippen LogP contribution in [0, 0.1) is 6.92 Å². The molecule has 9 heteroatoms. The second-order valence-electron chi connectivity index (χ2n) is 7.17. The standard InChI is InChI=1S/C24H28N4O4S/c1-4-31-21-10-6-5-9-19(21)15-25-26-22(29)16-33-24-28-27-23(32-24)11-7-8-18-12-13-20(30-3)17(2)14-18/h5-6,9-10,12-15H,4,7-8,11,16H2,1-3H3,(H,26,29)/b25-15+. The molecule has 0 aliphatic rings. The molecule has 1 N–H and O–H groups in total. The number of nitrogens with zero attached hydrogens (tertiary/aromatic N) is 3. The number of amides is 1. The minimum Gasteiger partial charge on any atom is -0.496 e. The van der Waals surface area contributed by atoms with Gasteiger partial charge in [0, 0.05) is 12.0 Å². The van der Waals surface area contributed by atoms with Crippen LogP contribution in [0.15, 0.2) is 57.2 Å². The van der Waals surface area contributed by atoms with Crippen molar-refractivity contribution in [1.29, 1.82) is 0 Å². The highest BCUT2D eigenvalue weighted by atomic mass is 32.2. The van der Waals surface area contributed by atoms with Crippen molar-refractivity contribution in [2.75, 3.05) is 19.5 Å². The summed E-state index contributed by atoms with van der Waals surface area (Å²) >= 11 is 1.18. The highest BCUT2D eigenvalue weighted by molar-refractivity contribution is 7.99. The van der Waals surface area contributed by atoms with Gasteiger partial charge in [-0.1, -0.05) is 36.0 Å². The molecule has 2 aromatic carbocycles. The number of nitrogens with one attached hydrogen (secondary N) is 1. The van der Waals surface area contributed by atoms with Crippen LogP contribution < -0.4 is 14.9 Å². The monoisotopic (exact) mass is 468 g/mol. The van der Waals surface area contributed by atoms with Gasteiger partial charge in [-0.05, 0) is 56.0 Å². The van der Waals surface area contributed by atoms with Gasteiger partial charge in [-0.3, -0.25) is 4.79 Å². The van der Waals surface area contributed by atoms with E-state index >= 15 is 0 Å². The number of hydrogen-bond acceptors (Lipinski definition) is 8. The van der Waals surface area contributed by atoms with Crippen molar-refractivity contribution < 1.29 is 18.7 Å². The lowest BCUT2D eigenvalue weighted by Gasteiger charge is -2.06. The summed E-state index contributed by atoms with van der Waals surface area (Å²) in [5.74, 6) is 2.03. The van der Waals surface area contributed by atoms with E-state index in [1.165, 1.54) is 17.3 Å². The number of aromatic nitrogens is 2. The van der Waals surface area contributed by atoms with Crippen LogP contribution in [0.5, 0.6) is 11.5 Å². The van der Waals surface area contributed by atoms with Crippen LogP contribution in [0.2, 0.25) is 0 Å². The first-order chi connectivity index (χ1) is 16.1. The van der Waals surface area contributed by atoms with Gasteiger partial charge in [0.25, 0.3) is 11.1 Å². The molecule has 0 bridgehead atoms. The first-order valence-corrected chi connectivity index (χ1v) is 11.7. The van der Waals surface area contributed by atoms with Crippen molar-refractivity contribution in [3.05, 3.63) is 65.0 Å². The molecular weight excluding hydrogens is 440 g/mol. The Labute approximate surface area is 197 Å². The summed E-state index contributed by atoms with van der Waals surface area (Å²) < 4.78 is 16.5. The fourth-order valence-electron chi connectivity index (χ4n) is 3.14. The van der Waals surface area contributed by atoms with Gasteiger partial charge in [0.15, 0.2) is 0 Å². The first-order valence-electron chi connectivity index (χ1n) is 10.7. The molecule has 1 aromatic heterocycles. The Hall–Kier alpha value is -3.33. The van der Waals surface area contributed by atoms with E-state index in [9.17, 15) is 4.79 Å². The van der Waals surface area contributed by atoms with Crippen molar-refractivity contribution in [3.63, 3.8) is 0 Å². The number of carbonyl (C=O) groups is 1. The fraction of sp³-hybridized carbons (Fsp3) is 0.333. The first kappa shape index (κ1) is 24.3. The Morgan fingerprint density at radius 1 is 1.18 bits per heavy atom. The second-order valence-corrected chi connectivity index (χ2v) is 8.10. The number of aryl methyl sites for hydroxylation is 3. The molecule has 0 fully saturated rings. The number of ether oxygens (including phenoxy) is 2. The van der Waals surface area contributed by atoms with Crippen molar-refractivity contribution in [1.82, 2.24) is 15.6 Å². The normalized spacial score (nSPS) is 11.0. The second kappa shape index (κ2) is 12.6. The van der Waals surface area contributed by atoms with Crippen molar-refractivity contribution in [2.45, 2.75) is 38.3 Å². The Bertz CT molecular complexity index is 1080. The maximum Gasteiger partial charge on any atom is 0.277 e. The minimum absolute atomic E-state index is 0.122. The van der Waals surface area contributed by atoms with Gasteiger partial charge < -0.3 is 13.9 Å². The molecular formula is C24H28N4O4S. The zero-order chi connectivity index (χ0) is 23.5. The van der Waals surface area contributed by atoms with Crippen LogP contribution in [0.3, 0.4) is 0 Å². The topological polar surface area (TPSA) is 98.8 Å². The summed E-state index contributed by atoms with van der Waals surface area (Å²) in [5, 5.41) is 12.4. The highest BCUT2D eigenvalue weighted by Crippen LogP contribution is 2.21. The molecule has 3 rings (SSSR count). The highest BCUT2D eigenvalue weighted by Gasteiger charge is 2.10. The maximum absolute atomic E-state index is 12.1. The number of benzene rings is 2. The van der Waals surface area contributed by atoms with Crippen molar-refractivity contribution in [3.8, 4) is 11.5 Å². The van der Waals surface area contributed by atoms with Crippen LogP contribution in [0.1, 0.15) is 35.9 Å². The van der Waals surface area contributed by atoms with Crippen LogP contribution in [0.4, 0.5) is 0 Å². The predicted molar refractivity (Wildman–Crippen MR) is 128 cm³/mol. The van der Waals surface area contributed by atoms with E-state index in [4.69, 9.17) is 13.9 Å². The molecule has 1 amide bonds. The van der Waals surface area contributed by atoms with Gasteiger partial charge in [0.05, 0.1) is 25.7 Å². The molecule has 0 saturated carbocycles. The van der Waals surface area contributed by atoms with Gasteiger partial charge in [-0.2, -0.15) is 5.10 Å². The lowest BCUT2D eigenvalue weighted by atomic mass is 10.1. The quantitative estimate of drug-likeness (QED) is 0.242. The molecule has 0 saturated heterocycles.